The Bertz CT molecular complexity index is 362. The van der Waals surface area contributed by atoms with E-state index in [0.717, 1.165) is 11.1 Å². The molecule has 0 aliphatic carbocycles. The van der Waals surface area contributed by atoms with E-state index in [4.69, 9.17) is 0 Å². The van der Waals surface area contributed by atoms with Crippen LogP contribution in [0.1, 0.15) is 0 Å². The predicted molar refractivity (Wildman–Crippen MR) is 47.5 cm³/mol. The summed E-state index contributed by atoms with van der Waals surface area (Å²) in [5.74, 6) is 0. The summed E-state index contributed by atoms with van der Waals surface area (Å²) >= 11 is 0. The second-order valence-electron chi connectivity index (χ2n) is 2.68. The number of hydrogen-bond acceptors (Lipinski definition) is 1. The molecular weight excluding hydrogens is 148 g/mol. The van der Waals surface area contributed by atoms with E-state index in [9.17, 15) is 0 Å². The quantitative estimate of drug-likeness (QED) is 0.618. The van der Waals surface area contributed by atoms with Gasteiger partial charge in [-0.1, -0.05) is 24.3 Å². The first-order chi connectivity index (χ1) is 5.86. The van der Waals surface area contributed by atoms with Gasteiger partial charge in [-0.25, -0.2) is 0 Å². The van der Waals surface area contributed by atoms with E-state index >= 15 is 0 Å². The molecule has 0 saturated carbocycles. The third-order valence-corrected chi connectivity index (χ3v) is 1.72. The fourth-order valence-corrected chi connectivity index (χ4v) is 1.13. The molecule has 0 saturated heterocycles. The Hall–Kier alpha value is -1.57. The van der Waals surface area contributed by atoms with Crippen LogP contribution in [0.5, 0.6) is 0 Å². The van der Waals surface area contributed by atoms with E-state index in [-0.39, 0.29) is 0 Å². The van der Waals surface area contributed by atoms with E-state index in [1.165, 1.54) is 0 Å². The second-order valence-corrected chi connectivity index (χ2v) is 2.68. The van der Waals surface area contributed by atoms with Crippen molar-refractivity contribution in [3.05, 3.63) is 42.7 Å². The SMILES string of the molecule is Cn1cc(-c2[c]cccc2)cn1. The lowest BCUT2D eigenvalue weighted by molar-refractivity contribution is 0.768. The van der Waals surface area contributed by atoms with E-state index in [1.807, 2.05) is 43.7 Å². The molecule has 1 aromatic heterocycles. The van der Waals surface area contributed by atoms with Gasteiger partial charge in [-0.3, -0.25) is 4.68 Å². The van der Waals surface area contributed by atoms with Crippen molar-refractivity contribution in [2.24, 2.45) is 7.05 Å². The highest BCUT2D eigenvalue weighted by Crippen LogP contribution is 2.15. The number of nitrogens with zero attached hydrogens (tertiary/aromatic N) is 2. The van der Waals surface area contributed by atoms with Crippen molar-refractivity contribution in [3.63, 3.8) is 0 Å². The number of hydrogen-bond donors (Lipinski definition) is 0. The molecule has 0 amide bonds. The summed E-state index contributed by atoms with van der Waals surface area (Å²) < 4.78 is 1.79. The van der Waals surface area contributed by atoms with Crippen LogP contribution in [0.25, 0.3) is 11.1 Å². The molecule has 0 aliphatic heterocycles. The Balaban J connectivity index is 2.45. The minimum absolute atomic E-state index is 1.09. The van der Waals surface area contributed by atoms with Gasteiger partial charge in [0.2, 0.25) is 0 Å². The molecule has 0 N–H and O–H groups in total. The molecule has 2 rings (SSSR count). The number of aryl methyl sites for hydroxylation is 1. The topological polar surface area (TPSA) is 17.8 Å². The van der Waals surface area contributed by atoms with Gasteiger partial charge in [0.15, 0.2) is 0 Å². The van der Waals surface area contributed by atoms with Gasteiger partial charge in [-0.05, 0) is 11.6 Å². The highest BCUT2D eigenvalue weighted by Gasteiger charge is 1.97. The van der Waals surface area contributed by atoms with Crippen LogP contribution in [0.3, 0.4) is 0 Å². The van der Waals surface area contributed by atoms with Crippen LogP contribution in [0.4, 0.5) is 0 Å². The summed E-state index contributed by atoms with van der Waals surface area (Å²) in [5, 5.41) is 4.09. The van der Waals surface area contributed by atoms with Gasteiger partial charge in [0.1, 0.15) is 0 Å². The Labute approximate surface area is 71.5 Å². The van der Waals surface area contributed by atoms with Crippen molar-refractivity contribution >= 4 is 0 Å². The van der Waals surface area contributed by atoms with Gasteiger partial charge in [-0.2, -0.15) is 5.10 Å². The smallest absolute Gasteiger partial charge is 0.0568 e. The Morgan fingerprint density at radius 1 is 1.42 bits per heavy atom. The predicted octanol–water partition coefficient (Wildman–Crippen LogP) is 1.89. The van der Waals surface area contributed by atoms with Crippen molar-refractivity contribution in [3.8, 4) is 11.1 Å². The largest absolute Gasteiger partial charge is 0.275 e. The summed E-state index contributed by atoms with van der Waals surface area (Å²) in [6, 6.07) is 11.0. The summed E-state index contributed by atoms with van der Waals surface area (Å²) in [4.78, 5) is 0. The maximum absolute atomic E-state index is 4.09. The Morgan fingerprint density at radius 3 is 2.92 bits per heavy atom. The molecule has 1 radical (unpaired) electrons. The molecule has 1 aromatic carbocycles. The van der Waals surface area contributed by atoms with Crippen molar-refractivity contribution in [1.82, 2.24) is 9.78 Å². The molecule has 1 heterocycles. The number of rotatable bonds is 1. The number of aromatic nitrogens is 2. The van der Waals surface area contributed by atoms with Gasteiger partial charge >= 0.3 is 0 Å². The second kappa shape index (κ2) is 2.81. The molecule has 0 spiro atoms. The summed E-state index contributed by atoms with van der Waals surface area (Å²) in [6.07, 6.45) is 3.82. The first-order valence-electron chi connectivity index (χ1n) is 3.82. The fourth-order valence-electron chi connectivity index (χ4n) is 1.13. The number of benzene rings is 1. The lowest BCUT2D eigenvalue weighted by Crippen LogP contribution is -1.84. The maximum Gasteiger partial charge on any atom is 0.0568 e. The Morgan fingerprint density at radius 2 is 2.33 bits per heavy atom. The summed E-state index contributed by atoms with van der Waals surface area (Å²) in [7, 11) is 1.91. The maximum atomic E-state index is 4.09. The molecule has 2 aromatic rings. The molecule has 59 valence electrons. The van der Waals surface area contributed by atoms with E-state index in [0.29, 0.717) is 0 Å². The minimum atomic E-state index is 1.09. The molecule has 0 bridgehead atoms. The van der Waals surface area contributed by atoms with Gasteiger partial charge in [0.05, 0.1) is 6.20 Å². The lowest BCUT2D eigenvalue weighted by atomic mass is 10.1. The highest BCUT2D eigenvalue weighted by molar-refractivity contribution is 5.60. The van der Waals surface area contributed by atoms with Crippen molar-refractivity contribution < 1.29 is 0 Å². The van der Waals surface area contributed by atoms with E-state index < -0.39 is 0 Å². The molecule has 0 unspecified atom stereocenters. The van der Waals surface area contributed by atoms with Crippen molar-refractivity contribution in [2.45, 2.75) is 0 Å². The van der Waals surface area contributed by atoms with Crippen LogP contribution < -0.4 is 0 Å². The van der Waals surface area contributed by atoms with Gasteiger partial charge < -0.3 is 0 Å². The molecule has 0 aliphatic rings. The Kier molecular flexibility index (Phi) is 1.67. The van der Waals surface area contributed by atoms with E-state index in [1.54, 1.807) is 4.68 Å². The van der Waals surface area contributed by atoms with Crippen LogP contribution in [-0.2, 0) is 7.05 Å². The monoisotopic (exact) mass is 157 g/mol. The third-order valence-electron chi connectivity index (χ3n) is 1.72. The average Bonchev–Trinajstić information content (AvgIpc) is 2.54. The van der Waals surface area contributed by atoms with Crippen LogP contribution in [-0.4, -0.2) is 9.78 Å². The zero-order valence-electron chi connectivity index (χ0n) is 6.86. The first-order valence-corrected chi connectivity index (χ1v) is 3.82. The zero-order chi connectivity index (χ0) is 8.39. The average molecular weight is 157 g/mol. The molecule has 0 fully saturated rings. The van der Waals surface area contributed by atoms with Crippen molar-refractivity contribution in [1.29, 1.82) is 0 Å². The molecule has 2 nitrogen and oxygen atoms in total. The molecular formula is C10H9N2. The van der Waals surface area contributed by atoms with Crippen molar-refractivity contribution in [2.75, 3.05) is 0 Å². The van der Waals surface area contributed by atoms with Gasteiger partial charge in [0.25, 0.3) is 0 Å². The van der Waals surface area contributed by atoms with Gasteiger partial charge in [-0.15, -0.1) is 0 Å². The van der Waals surface area contributed by atoms with Crippen LogP contribution >= 0.6 is 0 Å². The summed E-state index contributed by atoms with van der Waals surface area (Å²) in [6.45, 7) is 0. The van der Waals surface area contributed by atoms with E-state index in [2.05, 4.69) is 11.2 Å². The van der Waals surface area contributed by atoms with Gasteiger partial charge in [0, 0.05) is 18.8 Å². The molecule has 12 heavy (non-hydrogen) atoms. The molecule has 0 atom stereocenters. The summed E-state index contributed by atoms with van der Waals surface area (Å²) in [5.41, 5.74) is 2.20. The first kappa shape index (κ1) is 7.10. The lowest BCUT2D eigenvalue weighted by Gasteiger charge is -1.92. The fraction of sp³-hybridized carbons (Fsp3) is 0.100. The van der Waals surface area contributed by atoms with Crippen LogP contribution in [0.15, 0.2) is 36.7 Å². The highest BCUT2D eigenvalue weighted by atomic mass is 15.2. The van der Waals surface area contributed by atoms with Crippen LogP contribution in [0, 0.1) is 6.07 Å². The minimum Gasteiger partial charge on any atom is -0.275 e. The zero-order valence-corrected chi connectivity index (χ0v) is 6.86. The standard InChI is InChI=1S/C10H9N2/c1-12-8-10(7-11-12)9-5-3-2-4-6-9/h2-5,7-8H,1H3. The normalized spacial score (nSPS) is 10.1. The molecule has 2 heteroatoms. The van der Waals surface area contributed by atoms with Crippen LogP contribution in [0.2, 0.25) is 0 Å². The third kappa shape index (κ3) is 1.23.